The van der Waals surface area contributed by atoms with Crippen LogP contribution in [0.4, 0.5) is 0 Å². The van der Waals surface area contributed by atoms with Gasteiger partial charge in [-0.25, -0.2) is 0 Å². The van der Waals surface area contributed by atoms with Crippen molar-refractivity contribution in [2.75, 3.05) is 0 Å². The summed E-state index contributed by atoms with van der Waals surface area (Å²) in [5, 5.41) is 7.42. The fourth-order valence-corrected chi connectivity index (χ4v) is 5.70. The summed E-state index contributed by atoms with van der Waals surface area (Å²) in [5.74, 6) is 0. The third kappa shape index (κ3) is 9.49. The summed E-state index contributed by atoms with van der Waals surface area (Å²) in [4.78, 5) is 0. The van der Waals surface area contributed by atoms with Crippen LogP contribution in [-0.2, 0) is 36.2 Å². The molecule has 0 aliphatic heterocycles. The van der Waals surface area contributed by atoms with Gasteiger partial charge in [0, 0.05) is 0 Å². The fourth-order valence-electron chi connectivity index (χ4n) is 4.90. The predicted molar refractivity (Wildman–Crippen MR) is 186 cm³/mol. The van der Waals surface area contributed by atoms with Crippen molar-refractivity contribution in [1.82, 2.24) is 0 Å². The molecule has 0 aliphatic carbocycles. The van der Waals surface area contributed by atoms with Crippen molar-refractivity contribution in [2.45, 2.75) is 39.8 Å². The first-order valence-electron chi connectivity index (χ1n) is 13.9. The first-order chi connectivity index (χ1) is 20.1. The Kier molecular flexibility index (Phi) is 16.3. The van der Waals surface area contributed by atoms with Crippen LogP contribution in [0, 0.1) is 0 Å². The van der Waals surface area contributed by atoms with Gasteiger partial charge in [0.05, 0.1) is 20.1 Å². The van der Waals surface area contributed by atoms with Crippen molar-refractivity contribution in [3.05, 3.63) is 128 Å². The molecule has 6 aromatic rings. The maximum absolute atomic E-state index is 6.34. The molecule has 228 valence electrons. The van der Waals surface area contributed by atoms with Crippen molar-refractivity contribution in [2.24, 2.45) is 0 Å². The maximum atomic E-state index is 6.34. The van der Waals surface area contributed by atoms with Gasteiger partial charge < -0.3 is 24.8 Å². The molecule has 0 aliphatic rings. The van der Waals surface area contributed by atoms with Crippen LogP contribution in [0.2, 0.25) is 33.2 Å². The summed E-state index contributed by atoms with van der Waals surface area (Å²) < 4.78 is 0. The van der Waals surface area contributed by atoms with Crippen LogP contribution in [0.1, 0.15) is 25.0 Å². The molecule has 44 heavy (non-hydrogen) atoms. The van der Waals surface area contributed by atoms with Gasteiger partial charge in [0.25, 0.3) is 0 Å². The van der Waals surface area contributed by atoms with Gasteiger partial charge in [0.1, 0.15) is 0 Å². The van der Waals surface area contributed by atoms with E-state index in [4.69, 9.17) is 46.4 Å². The summed E-state index contributed by atoms with van der Waals surface area (Å²) in [6.07, 6.45) is 2.08. The Bertz CT molecular complexity index is 1720. The van der Waals surface area contributed by atoms with E-state index in [-0.39, 0.29) is 30.2 Å². The van der Waals surface area contributed by atoms with Gasteiger partial charge in [-0.2, -0.15) is 12.1 Å². The van der Waals surface area contributed by atoms with Crippen molar-refractivity contribution in [3.63, 3.8) is 0 Å². The zero-order valence-corrected chi connectivity index (χ0v) is 32.9. The molecule has 0 fully saturated rings. The van der Waals surface area contributed by atoms with E-state index in [2.05, 4.69) is 87.6 Å². The molecule has 0 nitrogen and oxygen atoms in total. The summed E-state index contributed by atoms with van der Waals surface area (Å²) in [5.41, 5.74) is 7.18. The fraction of sp³-hybridized carbons (Fsp3) is 0.167. The normalized spacial score (nSPS) is 10.2. The van der Waals surface area contributed by atoms with Gasteiger partial charge in [-0.15, -0.1) is 69.1 Å². The van der Waals surface area contributed by atoms with E-state index in [1.54, 1.807) is 23.3 Å². The first-order valence-corrected chi connectivity index (χ1v) is 21.6. The van der Waals surface area contributed by atoms with Gasteiger partial charge >= 0.3 is 41.9 Å². The minimum Gasteiger partial charge on any atom is -1.00 e. The quantitative estimate of drug-likeness (QED) is 0.134. The summed E-state index contributed by atoms with van der Waals surface area (Å²) in [7, 11) is 0. The van der Waals surface area contributed by atoms with E-state index in [1.807, 2.05) is 36.4 Å². The molecule has 0 N–H and O–H groups in total. The topological polar surface area (TPSA) is 0 Å². The van der Waals surface area contributed by atoms with E-state index in [0.717, 1.165) is 35.1 Å². The molecule has 0 amide bonds. The molecule has 0 radical (unpaired) electrons. The van der Waals surface area contributed by atoms with Crippen molar-refractivity contribution in [3.8, 4) is 22.3 Å². The molecule has 0 unspecified atom stereocenters. The van der Waals surface area contributed by atoms with Crippen molar-refractivity contribution in [1.29, 1.82) is 0 Å². The minimum absolute atomic E-state index is 0. The zero-order valence-electron chi connectivity index (χ0n) is 24.9. The Morgan fingerprint density at radius 3 is 1.23 bits per heavy atom. The molecular formula is C36H32Cl6SiZr-2. The number of halogens is 6. The molecule has 6 rings (SSSR count). The Labute approximate surface area is 309 Å². The summed E-state index contributed by atoms with van der Waals surface area (Å²) >= 11 is 26.6. The van der Waals surface area contributed by atoms with Gasteiger partial charge in [-0.3, -0.25) is 0 Å². The van der Waals surface area contributed by atoms with E-state index in [9.17, 15) is 0 Å². The number of fused-ring (bicyclic) bond motifs is 2. The summed E-state index contributed by atoms with van der Waals surface area (Å²) in [6.45, 7) is 8.95. The molecular weight excluding hydrogens is 764 g/mol. The standard InChI is InChI=1S/2C17H13Cl2.C2H6Si.2ClH.Zr/c2*1-2-11-9-12-5-3-6-13(15(12)10-11)14-7-4-8-16(18)17(14)19;1-3-2;;;/h2*3-10H,2H2,1H3;1-2H3;2*1H;/q2*-1;;;;+2/p-2. The van der Waals surface area contributed by atoms with Gasteiger partial charge in [-0.05, 0) is 36.1 Å². The Balaban J connectivity index is 0.000000263. The molecule has 8 heteroatoms. The molecule has 0 saturated heterocycles. The molecule has 0 aromatic heterocycles. The van der Waals surface area contributed by atoms with Crippen LogP contribution in [-0.4, -0.2) is 5.43 Å². The average Bonchev–Trinajstić information content (AvgIpc) is 3.60. The average molecular weight is 797 g/mol. The largest absolute Gasteiger partial charge is 1.00 e. The molecule has 0 heterocycles. The minimum atomic E-state index is 0. The molecule has 0 saturated carbocycles. The molecule has 6 aromatic carbocycles. The number of benzene rings is 4. The Morgan fingerprint density at radius 1 is 0.568 bits per heavy atom. The van der Waals surface area contributed by atoms with Crippen LogP contribution in [0.15, 0.2) is 97.1 Å². The number of hydrogen-bond acceptors (Lipinski definition) is 0. The second-order valence-electron chi connectivity index (χ2n) is 10.3. The summed E-state index contributed by atoms with van der Waals surface area (Å²) in [6, 6.07) is 33.1. The smallest absolute Gasteiger partial charge is 1.00 e. The monoisotopic (exact) mass is 792 g/mol. The molecule has 0 bridgehead atoms. The molecule has 0 atom stereocenters. The van der Waals surface area contributed by atoms with Gasteiger partial charge in [0.2, 0.25) is 0 Å². The van der Waals surface area contributed by atoms with E-state index in [1.165, 1.54) is 32.7 Å². The zero-order chi connectivity index (χ0) is 30.4. The van der Waals surface area contributed by atoms with Crippen LogP contribution in [0.3, 0.4) is 0 Å². The maximum Gasteiger partial charge on any atom is -1.00 e. The van der Waals surface area contributed by atoms with Crippen LogP contribution in [0.5, 0.6) is 0 Å². The Morgan fingerprint density at radius 2 is 0.886 bits per heavy atom. The second-order valence-corrected chi connectivity index (χ2v) is 21.2. The number of aryl methyl sites for hydroxylation is 2. The predicted octanol–water partition coefficient (Wildman–Crippen LogP) is 6.98. The third-order valence-corrected chi connectivity index (χ3v) is 8.56. The Hall–Kier alpha value is -1.06. The van der Waals surface area contributed by atoms with Crippen LogP contribution in [0.25, 0.3) is 43.8 Å². The van der Waals surface area contributed by atoms with E-state index in [0.29, 0.717) is 20.1 Å². The van der Waals surface area contributed by atoms with E-state index < -0.39 is 0 Å². The SMILES string of the molecule is CCc1cc2c(-c3cccc(Cl)c3Cl)cccc2[cH-]1.CCc1cc2c(-c3cccc(Cl)c3Cl)cccc2[cH-]1.C[Si](C)=[Zr+2].[Cl-].[Cl-]. The molecule has 0 spiro atoms. The second kappa shape index (κ2) is 18.3. The number of hydrogen-bond donors (Lipinski definition) is 0. The number of rotatable bonds is 4. The van der Waals surface area contributed by atoms with Gasteiger partial charge in [-0.1, -0.05) is 108 Å². The van der Waals surface area contributed by atoms with Crippen molar-refractivity contribution < 1.29 is 48.1 Å². The van der Waals surface area contributed by atoms with Crippen LogP contribution < -0.4 is 24.8 Å². The van der Waals surface area contributed by atoms with E-state index >= 15 is 0 Å². The van der Waals surface area contributed by atoms with Gasteiger partial charge in [0.15, 0.2) is 0 Å². The van der Waals surface area contributed by atoms with Crippen LogP contribution >= 0.6 is 46.4 Å². The van der Waals surface area contributed by atoms with Crippen molar-refractivity contribution >= 4 is 73.4 Å². The first kappa shape index (κ1) is 39.1. The third-order valence-electron chi connectivity index (χ3n) is 6.92.